The summed E-state index contributed by atoms with van der Waals surface area (Å²) in [6.07, 6.45) is 2.95. The fraction of sp³-hybridized carbons (Fsp3) is 0.500. The first-order valence-corrected chi connectivity index (χ1v) is 7.32. The molecule has 0 spiro atoms. The molecule has 0 aliphatic heterocycles. The van der Waals surface area contributed by atoms with Crippen LogP contribution in [0.2, 0.25) is 5.02 Å². The first kappa shape index (κ1) is 16.1. The molecule has 1 aromatic rings. The van der Waals surface area contributed by atoms with Crippen molar-refractivity contribution in [3.63, 3.8) is 0 Å². The van der Waals surface area contributed by atoms with Crippen molar-refractivity contribution in [1.29, 1.82) is 0 Å². The van der Waals surface area contributed by atoms with Gasteiger partial charge in [-0.15, -0.1) is 11.6 Å². The van der Waals surface area contributed by atoms with Gasteiger partial charge in [0.15, 0.2) is 0 Å². The van der Waals surface area contributed by atoms with Crippen molar-refractivity contribution in [2.45, 2.75) is 26.2 Å². The van der Waals surface area contributed by atoms with Gasteiger partial charge in [-0.25, -0.2) is 0 Å². The van der Waals surface area contributed by atoms with Gasteiger partial charge in [-0.3, -0.25) is 4.79 Å². The third kappa shape index (κ3) is 5.29. The molecule has 0 radical (unpaired) electrons. The van der Waals surface area contributed by atoms with Crippen molar-refractivity contribution >= 4 is 29.1 Å². The summed E-state index contributed by atoms with van der Waals surface area (Å²) in [6, 6.07) is 4.42. The Kier molecular flexibility index (Phi) is 7.03. The molecule has 19 heavy (non-hydrogen) atoms. The lowest BCUT2D eigenvalue weighted by molar-refractivity contribution is 0.0943. The number of carbonyl (C=O) groups excluding carboxylic acids is 1. The zero-order valence-corrected chi connectivity index (χ0v) is 12.5. The molecule has 5 heteroatoms. The number of carbonyl (C=O) groups is 1. The highest BCUT2D eigenvalue weighted by molar-refractivity contribution is 6.31. The first-order valence-electron chi connectivity index (χ1n) is 6.41. The summed E-state index contributed by atoms with van der Waals surface area (Å²) in [7, 11) is 0. The number of phenolic OH excluding ortho intramolecular Hbond substituents is 1. The highest BCUT2D eigenvalue weighted by Crippen LogP contribution is 2.21. The van der Waals surface area contributed by atoms with E-state index in [0.29, 0.717) is 23.4 Å². The van der Waals surface area contributed by atoms with Crippen molar-refractivity contribution in [2.24, 2.45) is 5.92 Å². The molecular weight excluding hydrogens is 285 g/mol. The molecule has 0 fully saturated rings. The second-order valence-corrected chi connectivity index (χ2v) is 5.32. The lowest BCUT2D eigenvalue weighted by Crippen LogP contribution is -2.29. The first-order chi connectivity index (χ1) is 9.08. The molecule has 106 valence electrons. The Morgan fingerprint density at radius 3 is 2.79 bits per heavy atom. The minimum atomic E-state index is -0.310. The fourth-order valence-electron chi connectivity index (χ4n) is 1.93. The van der Waals surface area contributed by atoms with Crippen molar-refractivity contribution in [3.05, 3.63) is 28.8 Å². The predicted octanol–water partition coefficient (Wildman–Crippen LogP) is 3.82. The van der Waals surface area contributed by atoms with Crippen LogP contribution in [-0.2, 0) is 0 Å². The van der Waals surface area contributed by atoms with Gasteiger partial charge in [0.25, 0.3) is 5.91 Å². The van der Waals surface area contributed by atoms with E-state index in [9.17, 15) is 9.90 Å². The Bertz CT molecular complexity index is 418. The minimum absolute atomic E-state index is 0.0636. The van der Waals surface area contributed by atoms with Gasteiger partial charge < -0.3 is 10.4 Å². The lowest BCUT2D eigenvalue weighted by atomic mass is 10.0. The largest absolute Gasteiger partial charge is 0.507 e. The number of benzene rings is 1. The number of hydrogen-bond acceptors (Lipinski definition) is 2. The monoisotopic (exact) mass is 303 g/mol. The Hall–Kier alpha value is -0.930. The smallest absolute Gasteiger partial charge is 0.255 e. The maximum absolute atomic E-state index is 12.0. The van der Waals surface area contributed by atoms with Gasteiger partial charge in [0.1, 0.15) is 5.75 Å². The Morgan fingerprint density at radius 2 is 2.16 bits per heavy atom. The van der Waals surface area contributed by atoms with E-state index in [-0.39, 0.29) is 17.2 Å². The highest BCUT2D eigenvalue weighted by Gasteiger charge is 2.14. The Morgan fingerprint density at radius 1 is 1.42 bits per heavy atom. The number of phenols is 1. The average Bonchev–Trinajstić information content (AvgIpc) is 2.39. The Labute approximate surface area is 123 Å². The van der Waals surface area contributed by atoms with E-state index in [0.717, 1.165) is 19.3 Å². The third-order valence-electron chi connectivity index (χ3n) is 2.97. The van der Waals surface area contributed by atoms with Gasteiger partial charge in [-0.2, -0.15) is 0 Å². The van der Waals surface area contributed by atoms with Gasteiger partial charge in [0, 0.05) is 17.4 Å². The number of alkyl halides is 1. The number of rotatable bonds is 7. The van der Waals surface area contributed by atoms with Crippen LogP contribution in [-0.4, -0.2) is 23.4 Å². The summed E-state index contributed by atoms with van der Waals surface area (Å²) in [5, 5.41) is 12.9. The summed E-state index contributed by atoms with van der Waals surface area (Å²) >= 11 is 11.6. The van der Waals surface area contributed by atoms with Crippen LogP contribution in [0.1, 0.15) is 36.5 Å². The molecule has 1 aromatic carbocycles. The molecular formula is C14H19Cl2NO2. The van der Waals surface area contributed by atoms with Crippen LogP contribution in [0.15, 0.2) is 18.2 Å². The SMILES string of the molecule is CCCC(CCCl)CNC(=O)c1cc(Cl)ccc1O. The zero-order valence-electron chi connectivity index (χ0n) is 11.0. The second kappa shape index (κ2) is 8.28. The van der Waals surface area contributed by atoms with E-state index in [1.165, 1.54) is 12.1 Å². The number of hydrogen-bond donors (Lipinski definition) is 2. The van der Waals surface area contributed by atoms with Gasteiger partial charge in [0.05, 0.1) is 5.56 Å². The lowest BCUT2D eigenvalue weighted by Gasteiger charge is -2.15. The molecule has 1 rings (SSSR count). The normalized spacial score (nSPS) is 12.2. The van der Waals surface area contributed by atoms with E-state index < -0.39 is 0 Å². The van der Waals surface area contributed by atoms with E-state index in [1.807, 2.05) is 0 Å². The highest BCUT2D eigenvalue weighted by atomic mass is 35.5. The molecule has 0 saturated carbocycles. The maximum Gasteiger partial charge on any atom is 0.255 e. The molecule has 0 saturated heterocycles. The summed E-state index contributed by atoms with van der Waals surface area (Å²) < 4.78 is 0. The van der Waals surface area contributed by atoms with Gasteiger partial charge in [-0.1, -0.05) is 24.9 Å². The number of halogens is 2. The molecule has 1 unspecified atom stereocenters. The van der Waals surface area contributed by atoms with Crippen molar-refractivity contribution in [2.75, 3.05) is 12.4 Å². The standard InChI is InChI=1S/C14H19Cl2NO2/c1-2-3-10(6-7-15)9-17-14(19)12-8-11(16)4-5-13(12)18/h4-5,8,10,18H,2-3,6-7,9H2,1H3,(H,17,19). The minimum Gasteiger partial charge on any atom is -0.507 e. The zero-order chi connectivity index (χ0) is 14.3. The maximum atomic E-state index is 12.0. The number of nitrogens with one attached hydrogen (secondary N) is 1. The average molecular weight is 304 g/mol. The molecule has 0 bridgehead atoms. The van der Waals surface area contributed by atoms with Gasteiger partial charge >= 0.3 is 0 Å². The summed E-state index contributed by atoms with van der Waals surface area (Å²) in [4.78, 5) is 12.0. The van der Waals surface area contributed by atoms with E-state index in [1.54, 1.807) is 6.07 Å². The van der Waals surface area contributed by atoms with Crippen molar-refractivity contribution < 1.29 is 9.90 Å². The van der Waals surface area contributed by atoms with Crippen LogP contribution in [0.3, 0.4) is 0 Å². The molecule has 0 heterocycles. The molecule has 2 N–H and O–H groups in total. The molecule has 0 aromatic heterocycles. The molecule has 1 atom stereocenters. The summed E-state index contributed by atoms with van der Waals surface area (Å²) in [5.41, 5.74) is 0.202. The fourth-order valence-corrected chi connectivity index (χ4v) is 2.41. The second-order valence-electron chi connectivity index (χ2n) is 4.50. The van der Waals surface area contributed by atoms with Crippen LogP contribution < -0.4 is 5.32 Å². The van der Waals surface area contributed by atoms with Crippen LogP contribution in [0, 0.1) is 5.92 Å². The summed E-state index contributed by atoms with van der Waals surface area (Å²) in [5.74, 6) is 0.581. The van der Waals surface area contributed by atoms with Crippen LogP contribution in [0.4, 0.5) is 0 Å². The quantitative estimate of drug-likeness (QED) is 0.752. The predicted molar refractivity (Wildman–Crippen MR) is 79.2 cm³/mol. The molecule has 0 aliphatic rings. The molecule has 3 nitrogen and oxygen atoms in total. The number of amides is 1. The van der Waals surface area contributed by atoms with E-state index in [2.05, 4.69) is 12.2 Å². The van der Waals surface area contributed by atoms with Crippen LogP contribution >= 0.6 is 23.2 Å². The Balaban J connectivity index is 2.61. The topological polar surface area (TPSA) is 49.3 Å². The van der Waals surface area contributed by atoms with Crippen LogP contribution in [0.25, 0.3) is 0 Å². The van der Waals surface area contributed by atoms with E-state index in [4.69, 9.17) is 23.2 Å². The van der Waals surface area contributed by atoms with Gasteiger partial charge in [0.2, 0.25) is 0 Å². The number of aromatic hydroxyl groups is 1. The van der Waals surface area contributed by atoms with E-state index >= 15 is 0 Å². The van der Waals surface area contributed by atoms with Crippen molar-refractivity contribution in [3.8, 4) is 5.75 Å². The molecule has 0 aliphatic carbocycles. The van der Waals surface area contributed by atoms with Crippen molar-refractivity contribution in [1.82, 2.24) is 5.32 Å². The molecule has 1 amide bonds. The summed E-state index contributed by atoms with van der Waals surface area (Å²) in [6.45, 7) is 2.66. The third-order valence-corrected chi connectivity index (χ3v) is 3.42. The van der Waals surface area contributed by atoms with Crippen LogP contribution in [0.5, 0.6) is 5.75 Å². The van der Waals surface area contributed by atoms with Gasteiger partial charge in [-0.05, 0) is 37.0 Å².